The molecule has 0 spiro atoms. The van der Waals surface area contributed by atoms with Gasteiger partial charge in [0.05, 0.1) is 12.2 Å². The Hall–Kier alpha value is -3.19. The molecule has 0 bridgehead atoms. The maximum absolute atomic E-state index is 12.9. The van der Waals surface area contributed by atoms with Gasteiger partial charge in [-0.3, -0.25) is 0 Å². The molecule has 0 amide bonds. The third-order valence-corrected chi connectivity index (χ3v) is 7.83. The van der Waals surface area contributed by atoms with Gasteiger partial charge in [-0.05, 0) is 47.5 Å². The van der Waals surface area contributed by atoms with E-state index in [1.54, 1.807) is 24.3 Å². The fraction of sp³-hybridized carbons (Fsp3) is 0.200. The minimum atomic E-state index is -4.71. The van der Waals surface area contributed by atoms with Crippen LogP contribution >= 0.6 is 0 Å². The van der Waals surface area contributed by atoms with E-state index in [4.69, 9.17) is 8.92 Å². The highest BCUT2D eigenvalue weighted by atomic mass is 32.2. The summed E-state index contributed by atoms with van der Waals surface area (Å²) in [7, 11) is -6.92. The highest BCUT2D eigenvalue weighted by Gasteiger charge is 2.32. The molecule has 0 aromatic heterocycles. The molecule has 0 atom stereocenters. The molecule has 0 radical (unpaired) electrons. The summed E-state index contributed by atoms with van der Waals surface area (Å²) in [5, 5.41) is 1.09. The van der Waals surface area contributed by atoms with Crippen molar-refractivity contribution in [3.63, 3.8) is 0 Å². The summed E-state index contributed by atoms with van der Waals surface area (Å²) in [6.45, 7) is 0.181. The quantitative estimate of drug-likeness (QED) is 0.312. The summed E-state index contributed by atoms with van der Waals surface area (Å²) in [5.74, 6) is -0.142. The molecule has 0 heterocycles. The van der Waals surface area contributed by atoms with Gasteiger partial charge in [0.1, 0.15) is 10.6 Å². The van der Waals surface area contributed by atoms with E-state index in [1.807, 2.05) is 6.07 Å². The molecule has 37 heavy (non-hydrogen) atoms. The van der Waals surface area contributed by atoms with E-state index in [2.05, 4.69) is 0 Å². The number of halogens is 3. The number of hydrogen-bond acceptors (Lipinski definition) is 6. The van der Waals surface area contributed by atoms with Crippen molar-refractivity contribution in [2.75, 3.05) is 20.3 Å². The Balaban J connectivity index is 1.75. The number of methoxy groups -OCH3 is 1. The van der Waals surface area contributed by atoms with Gasteiger partial charge in [0.25, 0.3) is 0 Å². The molecule has 7 nitrogen and oxygen atoms in total. The van der Waals surface area contributed by atoms with Gasteiger partial charge in [-0.15, -0.1) is 0 Å². The molecule has 0 N–H and O–H groups in total. The number of sulfonamides is 1. The molecule has 0 saturated heterocycles. The predicted molar refractivity (Wildman–Crippen MR) is 132 cm³/mol. The van der Waals surface area contributed by atoms with Crippen molar-refractivity contribution in [1.82, 2.24) is 4.31 Å². The van der Waals surface area contributed by atoms with Crippen molar-refractivity contribution in [3.8, 4) is 5.75 Å². The largest absolute Gasteiger partial charge is 0.416 e. The molecule has 0 fully saturated rings. The Morgan fingerprint density at radius 3 is 2.19 bits per heavy atom. The summed E-state index contributed by atoms with van der Waals surface area (Å²) >= 11 is 0. The first-order valence-electron chi connectivity index (χ1n) is 10.8. The molecule has 3 aromatic carbocycles. The number of ether oxygens (including phenoxy) is 1. The summed E-state index contributed by atoms with van der Waals surface area (Å²) in [5.41, 5.74) is 0.115. The number of alkyl halides is 3. The predicted octanol–water partition coefficient (Wildman–Crippen LogP) is 4.92. The molecule has 0 unspecified atom stereocenters. The van der Waals surface area contributed by atoms with Gasteiger partial charge in [-0.2, -0.15) is 25.9 Å². The van der Waals surface area contributed by atoms with E-state index in [-0.39, 0.29) is 25.4 Å². The minimum absolute atomic E-state index is 0.0362. The number of nitrogens with zero attached hydrogens (tertiary/aromatic N) is 1. The zero-order valence-electron chi connectivity index (χ0n) is 19.6. The minimum Gasteiger partial charge on any atom is -0.383 e. The molecule has 0 aliphatic carbocycles. The maximum Gasteiger partial charge on any atom is 0.416 e. The van der Waals surface area contributed by atoms with Crippen molar-refractivity contribution in [1.29, 1.82) is 0 Å². The standard InChI is InChI=1S/C25H24F3NO6S2/c1-34-16-15-29(36(30,31)17-14-20-6-3-2-4-7-20)19-21-10-12-23(13-11-21)35-37(32,33)24-9-5-8-22(18-24)25(26,27)28/h2-14,17-18H,15-16,19H2,1H3/b17-14+. The molecular weight excluding hydrogens is 531 g/mol. The van der Waals surface area contributed by atoms with Gasteiger partial charge in [0, 0.05) is 25.6 Å². The van der Waals surface area contributed by atoms with Crippen LogP contribution in [0.15, 0.2) is 89.2 Å². The van der Waals surface area contributed by atoms with E-state index < -0.39 is 36.8 Å². The topological polar surface area (TPSA) is 90.0 Å². The number of benzene rings is 3. The van der Waals surface area contributed by atoms with Gasteiger partial charge in [0.2, 0.25) is 10.0 Å². The average Bonchev–Trinajstić information content (AvgIpc) is 2.86. The molecule has 3 aromatic rings. The van der Waals surface area contributed by atoms with E-state index in [1.165, 1.54) is 41.8 Å². The van der Waals surface area contributed by atoms with Crippen LogP contribution in [-0.2, 0) is 37.6 Å². The second-order valence-electron chi connectivity index (χ2n) is 7.79. The smallest absolute Gasteiger partial charge is 0.383 e. The first-order chi connectivity index (χ1) is 17.4. The molecule has 0 aliphatic rings. The summed E-state index contributed by atoms with van der Waals surface area (Å²) in [6, 6.07) is 17.6. The van der Waals surface area contributed by atoms with Crippen LogP contribution in [0.25, 0.3) is 6.08 Å². The lowest BCUT2D eigenvalue weighted by Crippen LogP contribution is -2.32. The normalized spacial score (nSPS) is 12.8. The van der Waals surface area contributed by atoms with Gasteiger partial charge < -0.3 is 8.92 Å². The van der Waals surface area contributed by atoms with Crippen LogP contribution in [0.5, 0.6) is 5.75 Å². The van der Waals surface area contributed by atoms with Crippen molar-refractivity contribution in [2.24, 2.45) is 0 Å². The van der Waals surface area contributed by atoms with E-state index >= 15 is 0 Å². The molecule has 0 aliphatic heterocycles. The molecule has 198 valence electrons. The third-order valence-electron chi connectivity index (χ3n) is 5.07. The van der Waals surface area contributed by atoms with Crippen molar-refractivity contribution in [2.45, 2.75) is 17.6 Å². The summed E-state index contributed by atoms with van der Waals surface area (Å²) < 4.78 is 101. The first-order valence-corrected chi connectivity index (χ1v) is 13.7. The molecule has 0 saturated carbocycles. The van der Waals surface area contributed by atoms with Crippen LogP contribution in [0.1, 0.15) is 16.7 Å². The third kappa shape index (κ3) is 8.15. The van der Waals surface area contributed by atoms with E-state index in [9.17, 15) is 30.0 Å². The van der Waals surface area contributed by atoms with Crippen molar-refractivity contribution in [3.05, 3.63) is 101 Å². The average molecular weight is 556 g/mol. The van der Waals surface area contributed by atoms with Gasteiger partial charge in [0.15, 0.2) is 0 Å². The van der Waals surface area contributed by atoms with Crippen LogP contribution in [0, 0.1) is 0 Å². The van der Waals surface area contributed by atoms with E-state index in [0.29, 0.717) is 17.2 Å². The Kier molecular flexibility index (Phi) is 9.13. The lowest BCUT2D eigenvalue weighted by molar-refractivity contribution is -0.137. The van der Waals surface area contributed by atoms with Crippen LogP contribution in [0.4, 0.5) is 13.2 Å². The lowest BCUT2D eigenvalue weighted by atomic mass is 10.2. The van der Waals surface area contributed by atoms with E-state index in [0.717, 1.165) is 23.6 Å². The molecular formula is C25H24F3NO6S2. The highest BCUT2D eigenvalue weighted by Crippen LogP contribution is 2.31. The zero-order chi connectivity index (χ0) is 27.1. The lowest BCUT2D eigenvalue weighted by Gasteiger charge is -2.20. The fourth-order valence-corrected chi connectivity index (χ4v) is 5.30. The van der Waals surface area contributed by atoms with Crippen LogP contribution in [0.3, 0.4) is 0 Å². The second-order valence-corrected chi connectivity index (χ2v) is 11.2. The maximum atomic E-state index is 12.9. The first kappa shape index (κ1) is 28.4. The Bertz CT molecular complexity index is 1420. The fourth-order valence-electron chi connectivity index (χ4n) is 3.16. The highest BCUT2D eigenvalue weighted by molar-refractivity contribution is 7.92. The van der Waals surface area contributed by atoms with Crippen LogP contribution < -0.4 is 4.18 Å². The van der Waals surface area contributed by atoms with Crippen LogP contribution in [-0.4, -0.2) is 41.4 Å². The van der Waals surface area contributed by atoms with Gasteiger partial charge in [-0.25, -0.2) is 8.42 Å². The van der Waals surface area contributed by atoms with Crippen LogP contribution in [0.2, 0.25) is 0 Å². The second kappa shape index (κ2) is 11.9. The number of hydrogen-bond donors (Lipinski definition) is 0. The van der Waals surface area contributed by atoms with Crippen molar-refractivity contribution >= 4 is 26.2 Å². The Morgan fingerprint density at radius 1 is 0.892 bits per heavy atom. The SMILES string of the molecule is COCCN(Cc1ccc(OS(=O)(=O)c2cccc(C(F)(F)F)c2)cc1)S(=O)(=O)/C=C/c1ccccc1. The summed E-state index contributed by atoms with van der Waals surface area (Å²) in [4.78, 5) is -0.645. The van der Waals surface area contributed by atoms with Gasteiger partial charge in [-0.1, -0.05) is 48.5 Å². The monoisotopic (exact) mass is 555 g/mol. The zero-order valence-corrected chi connectivity index (χ0v) is 21.3. The molecule has 12 heteroatoms. The Labute approximate surface area is 213 Å². The Morgan fingerprint density at radius 2 is 1.57 bits per heavy atom. The van der Waals surface area contributed by atoms with Crippen molar-refractivity contribution < 1.29 is 38.9 Å². The molecule has 3 rings (SSSR count). The van der Waals surface area contributed by atoms with Gasteiger partial charge >= 0.3 is 16.3 Å². The number of rotatable bonds is 11. The summed E-state index contributed by atoms with van der Waals surface area (Å²) in [6.07, 6.45) is -3.23.